The normalized spacial score (nSPS) is 17.4. The van der Waals surface area contributed by atoms with E-state index in [9.17, 15) is 9.90 Å². The molecule has 1 N–H and O–H groups in total. The van der Waals surface area contributed by atoms with Crippen LogP contribution in [0.2, 0.25) is 0 Å². The van der Waals surface area contributed by atoms with Gasteiger partial charge in [-0.15, -0.1) is 0 Å². The first-order chi connectivity index (χ1) is 15.2. The Morgan fingerprint density at radius 2 is 1.32 bits per heavy atom. The topological polar surface area (TPSA) is 66.5 Å². The molecular formula is C24H29N5O2. The molecule has 162 valence electrons. The van der Waals surface area contributed by atoms with E-state index in [0.717, 1.165) is 44.1 Å². The van der Waals surface area contributed by atoms with Crippen molar-refractivity contribution < 1.29 is 5.11 Å². The lowest BCUT2D eigenvalue weighted by Crippen LogP contribution is -2.46. The van der Waals surface area contributed by atoms with Gasteiger partial charge in [-0.2, -0.15) is 5.10 Å². The van der Waals surface area contributed by atoms with Gasteiger partial charge in [-0.25, -0.2) is 14.0 Å². The highest BCUT2D eigenvalue weighted by molar-refractivity contribution is 5.54. The number of aromatic hydroxyl groups is 1. The third kappa shape index (κ3) is 4.17. The zero-order chi connectivity index (χ0) is 21.2. The summed E-state index contributed by atoms with van der Waals surface area (Å²) in [6.07, 6.45) is 6.58. The van der Waals surface area contributed by atoms with Crippen LogP contribution in [0.3, 0.4) is 0 Å². The van der Waals surface area contributed by atoms with Crippen LogP contribution in [0.4, 0.5) is 11.4 Å². The van der Waals surface area contributed by atoms with Gasteiger partial charge in [0.15, 0.2) is 0 Å². The lowest BCUT2D eigenvalue weighted by molar-refractivity contribution is 0.419. The highest BCUT2D eigenvalue weighted by Crippen LogP contribution is 2.26. The molecule has 0 radical (unpaired) electrons. The molecule has 1 aromatic heterocycles. The molecule has 0 bridgehead atoms. The molecule has 0 atom stereocenters. The van der Waals surface area contributed by atoms with E-state index in [-0.39, 0.29) is 5.69 Å². The number of nitrogens with zero attached hydrogens (tertiary/aromatic N) is 5. The summed E-state index contributed by atoms with van der Waals surface area (Å²) in [6.45, 7) is 4.45. The fraction of sp³-hybridized carbons (Fsp3) is 0.417. The molecule has 2 aliphatic rings. The summed E-state index contributed by atoms with van der Waals surface area (Å²) < 4.78 is 3.26. The molecular weight excluding hydrogens is 390 g/mol. The largest absolute Gasteiger partial charge is 0.508 e. The van der Waals surface area contributed by atoms with E-state index >= 15 is 0 Å². The minimum Gasteiger partial charge on any atom is -0.508 e. The number of benzene rings is 2. The van der Waals surface area contributed by atoms with Gasteiger partial charge in [0.2, 0.25) is 0 Å². The van der Waals surface area contributed by atoms with E-state index in [2.05, 4.69) is 27.0 Å². The van der Waals surface area contributed by atoms with E-state index in [1.165, 1.54) is 31.4 Å². The number of phenols is 1. The van der Waals surface area contributed by atoms with Gasteiger partial charge in [0, 0.05) is 44.1 Å². The Morgan fingerprint density at radius 1 is 0.806 bits per heavy atom. The first-order valence-corrected chi connectivity index (χ1v) is 11.2. The van der Waals surface area contributed by atoms with E-state index in [1.54, 1.807) is 27.7 Å². The molecule has 1 aliphatic carbocycles. The summed E-state index contributed by atoms with van der Waals surface area (Å²) in [7, 11) is 0. The molecule has 2 fully saturated rings. The molecule has 31 heavy (non-hydrogen) atoms. The maximum absolute atomic E-state index is 12.8. The molecule has 7 heteroatoms. The second-order valence-corrected chi connectivity index (χ2v) is 8.62. The molecule has 2 heterocycles. The monoisotopic (exact) mass is 419 g/mol. The number of aromatic nitrogens is 3. The molecule has 5 rings (SSSR count). The average molecular weight is 420 g/mol. The van der Waals surface area contributed by atoms with Gasteiger partial charge in [-0.3, -0.25) is 0 Å². The van der Waals surface area contributed by atoms with Crippen molar-refractivity contribution in [2.24, 2.45) is 5.92 Å². The molecule has 7 nitrogen and oxygen atoms in total. The minimum atomic E-state index is -0.0536. The molecule has 0 spiro atoms. The van der Waals surface area contributed by atoms with Gasteiger partial charge in [0.1, 0.15) is 12.1 Å². The fourth-order valence-electron chi connectivity index (χ4n) is 4.79. The first kappa shape index (κ1) is 19.7. The lowest BCUT2D eigenvalue weighted by atomic mass is 10.1. The van der Waals surface area contributed by atoms with Crippen molar-refractivity contribution in [3.8, 4) is 11.4 Å². The van der Waals surface area contributed by atoms with Crippen LogP contribution in [0.25, 0.3) is 5.69 Å². The Kier molecular flexibility index (Phi) is 5.40. The predicted octanol–water partition coefficient (Wildman–Crippen LogP) is 3.26. The number of phenolic OH excluding ortho intramolecular Hbond substituents is 1. The van der Waals surface area contributed by atoms with E-state index < -0.39 is 0 Å². The van der Waals surface area contributed by atoms with Crippen LogP contribution in [0.15, 0.2) is 59.7 Å². The number of piperazine rings is 1. The summed E-state index contributed by atoms with van der Waals surface area (Å²) >= 11 is 0. The summed E-state index contributed by atoms with van der Waals surface area (Å²) in [5.74, 6) is 0.884. The van der Waals surface area contributed by atoms with Crippen molar-refractivity contribution >= 4 is 11.4 Å². The zero-order valence-corrected chi connectivity index (χ0v) is 17.7. The molecule has 0 unspecified atom stereocenters. The van der Waals surface area contributed by atoms with Crippen molar-refractivity contribution in [1.82, 2.24) is 14.3 Å². The van der Waals surface area contributed by atoms with Crippen LogP contribution in [-0.4, -0.2) is 45.6 Å². The van der Waals surface area contributed by atoms with E-state index in [1.807, 2.05) is 24.3 Å². The highest BCUT2D eigenvalue weighted by atomic mass is 16.3. The van der Waals surface area contributed by atoms with Crippen LogP contribution >= 0.6 is 0 Å². The van der Waals surface area contributed by atoms with Gasteiger partial charge in [-0.1, -0.05) is 12.8 Å². The van der Waals surface area contributed by atoms with Crippen molar-refractivity contribution in [2.75, 3.05) is 36.0 Å². The standard InChI is InChI=1S/C24H29N5O2/c30-23-11-9-21(10-12-23)27-15-13-26(14-16-27)20-5-7-22(8-6-20)28-18-25-29(24(28)31)17-19-3-1-2-4-19/h5-12,18-19,30H,1-4,13-17H2. The van der Waals surface area contributed by atoms with Gasteiger partial charge in [0.25, 0.3) is 0 Å². The van der Waals surface area contributed by atoms with Crippen molar-refractivity contribution in [2.45, 2.75) is 32.2 Å². The van der Waals surface area contributed by atoms with Gasteiger partial charge in [-0.05, 0) is 67.3 Å². The number of hydrogen-bond donors (Lipinski definition) is 1. The smallest absolute Gasteiger partial charge is 0.350 e. The summed E-state index contributed by atoms with van der Waals surface area (Å²) in [5.41, 5.74) is 3.11. The van der Waals surface area contributed by atoms with E-state index in [0.29, 0.717) is 11.7 Å². The maximum atomic E-state index is 12.8. The van der Waals surface area contributed by atoms with Gasteiger partial charge < -0.3 is 14.9 Å². The Morgan fingerprint density at radius 3 is 1.90 bits per heavy atom. The van der Waals surface area contributed by atoms with Crippen LogP contribution in [0.1, 0.15) is 25.7 Å². The Bertz CT molecular complexity index is 1060. The average Bonchev–Trinajstić information content (AvgIpc) is 3.45. The van der Waals surface area contributed by atoms with E-state index in [4.69, 9.17) is 0 Å². The van der Waals surface area contributed by atoms with Gasteiger partial charge in [0.05, 0.1) is 5.69 Å². The quantitative estimate of drug-likeness (QED) is 0.688. The summed E-state index contributed by atoms with van der Waals surface area (Å²) in [4.78, 5) is 17.5. The van der Waals surface area contributed by atoms with Crippen LogP contribution in [0.5, 0.6) is 5.75 Å². The van der Waals surface area contributed by atoms with Crippen molar-refractivity contribution in [1.29, 1.82) is 0 Å². The Labute approximate surface area is 182 Å². The fourth-order valence-corrected chi connectivity index (χ4v) is 4.79. The number of rotatable bonds is 5. The maximum Gasteiger partial charge on any atom is 0.350 e. The van der Waals surface area contributed by atoms with Crippen LogP contribution in [0, 0.1) is 5.92 Å². The Hall–Kier alpha value is -3.22. The first-order valence-electron chi connectivity index (χ1n) is 11.2. The molecule has 0 amide bonds. The third-order valence-electron chi connectivity index (χ3n) is 6.63. The zero-order valence-electron chi connectivity index (χ0n) is 17.7. The van der Waals surface area contributed by atoms with Gasteiger partial charge >= 0.3 is 5.69 Å². The highest BCUT2D eigenvalue weighted by Gasteiger charge is 2.19. The second-order valence-electron chi connectivity index (χ2n) is 8.62. The molecule has 3 aromatic rings. The number of anilines is 2. The lowest BCUT2D eigenvalue weighted by Gasteiger charge is -2.37. The number of hydrogen-bond acceptors (Lipinski definition) is 5. The predicted molar refractivity (Wildman–Crippen MR) is 122 cm³/mol. The van der Waals surface area contributed by atoms with Crippen LogP contribution in [-0.2, 0) is 6.54 Å². The van der Waals surface area contributed by atoms with Crippen molar-refractivity contribution in [3.05, 3.63) is 65.3 Å². The molecule has 2 aromatic carbocycles. The van der Waals surface area contributed by atoms with Crippen molar-refractivity contribution in [3.63, 3.8) is 0 Å². The summed E-state index contributed by atoms with van der Waals surface area (Å²) in [5, 5.41) is 13.8. The minimum absolute atomic E-state index is 0.0536. The summed E-state index contributed by atoms with van der Waals surface area (Å²) in [6, 6.07) is 15.6. The Balaban J connectivity index is 1.23. The molecule has 1 saturated heterocycles. The van der Waals surface area contributed by atoms with Crippen LogP contribution < -0.4 is 15.5 Å². The molecule has 1 saturated carbocycles. The molecule has 1 aliphatic heterocycles. The second kappa shape index (κ2) is 8.49. The SMILES string of the molecule is O=c1n(-c2ccc(N3CCN(c4ccc(O)cc4)CC3)cc2)cnn1CC1CCCC1. The third-order valence-corrected chi connectivity index (χ3v) is 6.63.